The summed E-state index contributed by atoms with van der Waals surface area (Å²) in [6.45, 7) is 3.75. The van der Waals surface area contributed by atoms with E-state index in [1.165, 1.54) is 6.07 Å². The molecule has 106 valence electrons. The summed E-state index contributed by atoms with van der Waals surface area (Å²) in [5.74, 6) is -0.250. The summed E-state index contributed by atoms with van der Waals surface area (Å²) in [6.07, 6.45) is 1.40. The third-order valence-electron chi connectivity index (χ3n) is 4.06. The van der Waals surface area contributed by atoms with Gasteiger partial charge in [0, 0.05) is 18.7 Å². The molecule has 0 radical (unpaired) electrons. The van der Waals surface area contributed by atoms with E-state index in [1.54, 1.807) is 19.1 Å². The van der Waals surface area contributed by atoms with Crippen LogP contribution >= 0.6 is 0 Å². The van der Waals surface area contributed by atoms with Crippen LogP contribution in [0.4, 0.5) is 10.1 Å². The standard InChI is InChI=1S/C15H23FN2O/c1-11(19)13-5-4-6-14(16)15(13)18(3)12-7-9-17(2)10-8-12/h4-6,11-12,19H,7-10H2,1-3H3/t11-/m0/s1. The number of halogens is 1. The Morgan fingerprint density at radius 1 is 1.37 bits per heavy atom. The maximum absolute atomic E-state index is 14.1. The molecular formula is C15H23FN2O. The third kappa shape index (κ3) is 3.07. The van der Waals surface area contributed by atoms with E-state index in [4.69, 9.17) is 0 Å². The minimum absolute atomic E-state index is 0.250. The van der Waals surface area contributed by atoms with Crippen molar-refractivity contribution in [2.45, 2.75) is 31.9 Å². The van der Waals surface area contributed by atoms with Crippen molar-refractivity contribution in [2.24, 2.45) is 0 Å². The molecule has 3 nitrogen and oxygen atoms in total. The van der Waals surface area contributed by atoms with Crippen molar-refractivity contribution >= 4 is 5.69 Å². The minimum atomic E-state index is -0.653. The van der Waals surface area contributed by atoms with Gasteiger partial charge >= 0.3 is 0 Å². The molecule has 1 heterocycles. The van der Waals surface area contributed by atoms with Crippen molar-refractivity contribution in [3.05, 3.63) is 29.6 Å². The lowest BCUT2D eigenvalue weighted by Crippen LogP contribution is -2.42. The SMILES string of the molecule is C[C@H](O)c1cccc(F)c1N(C)C1CCN(C)CC1. The van der Waals surface area contributed by atoms with Gasteiger partial charge in [-0.15, -0.1) is 0 Å². The summed E-state index contributed by atoms with van der Waals surface area (Å²) in [5, 5.41) is 9.82. The smallest absolute Gasteiger partial charge is 0.146 e. The Bertz CT molecular complexity index is 428. The van der Waals surface area contributed by atoms with Crippen LogP contribution in [-0.2, 0) is 0 Å². The molecule has 0 aromatic heterocycles. The lowest BCUT2D eigenvalue weighted by Gasteiger charge is -2.37. The van der Waals surface area contributed by atoms with E-state index in [1.807, 2.05) is 11.9 Å². The first-order valence-corrected chi connectivity index (χ1v) is 6.88. The first kappa shape index (κ1) is 14.3. The monoisotopic (exact) mass is 266 g/mol. The molecule has 1 aromatic rings. The summed E-state index contributed by atoms with van der Waals surface area (Å²) in [6, 6.07) is 5.26. The Labute approximate surface area is 114 Å². The lowest BCUT2D eigenvalue weighted by molar-refractivity contribution is 0.198. The van der Waals surface area contributed by atoms with Gasteiger partial charge in [-0.3, -0.25) is 0 Å². The van der Waals surface area contributed by atoms with E-state index < -0.39 is 6.10 Å². The van der Waals surface area contributed by atoms with Crippen molar-refractivity contribution in [1.82, 2.24) is 4.90 Å². The molecule has 0 aliphatic carbocycles. The van der Waals surface area contributed by atoms with Gasteiger partial charge < -0.3 is 14.9 Å². The maximum atomic E-state index is 14.1. The molecule has 0 amide bonds. The Morgan fingerprint density at radius 2 is 2.00 bits per heavy atom. The largest absolute Gasteiger partial charge is 0.389 e. The Hall–Kier alpha value is -1.13. The molecule has 19 heavy (non-hydrogen) atoms. The highest BCUT2D eigenvalue weighted by Crippen LogP contribution is 2.31. The molecule has 4 heteroatoms. The number of likely N-dealkylation sites (tertiary alicyclic amines) is 1. The summed E-state index contributed by atoms with van der Waals surface area (Å²) in [5.41, 5.74) is 1.22. The number of aliphatic hydroxyl groups excluding tert-OH is 1. The van der Waals surface area contributed by atoms with Gasteiger partial charge in [-0.2, -0.15) is 0 Å². The molecule has 1 aliphatic heterocycles. The van der Waals surface area contributed by atoms with E-state index in [9.17, 15) is 9.50 Å². The van der Waals surface area contributed by atoms with Crippen LogP contribution in [0.1, 0.15) is 31.4 Å². The van der Waals surface area contributed by atoms with Crippen LogP contribution in [-0.4, -0.2) is 43.2 Å². The van der Waals surface area contributed by atoms with Crippen molar-refractivity contribution in [1.29, 1.82) is 0 Å². The molecular weight excluding hydrogens is 243 g/mol. The number of nitrogens with zero attached hydrogens (tertiary/aromatic N) is 2. The maximum Gasteiger partial charge on any atom is 0.146 e. The predicted octanol–water partition coefficient (Wildman–Crippen LogP) is 2.41. The summed E-state index contributed by atoms with van der Waals surface area (Å²) < 4.78 is 14.1. The van der Waals surface area contributed by atoms with Crippen molar-refractivity contribution in [3.63, 3.8) is 0 Å². The number of hydrogen-bond acceptors (Lipinski definition) is 3. The van der Waals surface area contributed by atoms with Gasteiger partial charge in [-0.05, 0) is 46.0 Å². The molecule has 0 unspecified atom stereocenters. The van der Waals surface area contributed by atoms with Crippen LogP contribution in [0.25, 0.3) is 0 Å². The van der Waals surface area contributed by atoms with Crippen molar-refractivity contribution in [3.8, 4) is 0 Å². The van der Waals surface area contributed by atoms with Gasteiger partial charge in [0.05, 0.1) is 11.8 Å². The van der Waals surface area contributed by atoms with Gasteiger partial charge in [0.1, 0.15) is 5.82 Å². The first-order chi connectivity index (χ1) is 9.00. The van der Waals surface area contributed by atoms with Gasteiger partial charge in [0.25, 0.3) is 0 Å². The molecule has 1 aliphatic rings. The number of para-hydroxylation sites is 1. The van der Waals surface area contributed by atoms with Gasteiger partial charge in [0.15, 0.2) is 0 Å². The molecule has 1 atom stereocenters. The van der Waals surface area contributed by atoms with E-state index >= 15 is 0 Å². The molecule has 0 spiro atoms. The number of anilines is 1. The Balaban J connectivity index is 2.25. The van der Waals surface area contributed by atoms with Crippen LogP contribution < -0.4 is 4.90 Å². The molecule has 2 rings (SSSR count). The molecule has 1 N–H and O–H groups in total. The third-order valence-corrected chi connectivity index (χ3v) is 4.06. The van der Waals surface area contributed by atoms with Crippen LogP contribution in [0, 0.1) is 5.82 Å². The zero-order valence-corrected chi connectivity index (χ0v) is 11.9. The average molecular weight is 266 g/mol. The predicted molar refractivity (Wildman–Crippen MR) is 76.0 cm³/mol. The highest BCUT2D eigenvalue weighted by Gasteiger charge is 2.25. The second kappa shape index (κ2) is 5.88. The highest BCUT2D eigenvalue weighted by atomic mass is 19.1. The number of aliphatic hydroxyl groups is 1. The Morgan fingerprint density at radius 3 is 2.58 bits per heavy atom. The zero-order valence-electron chi connectivity index (χ0n) is 11.9. The number of hydrogen-bond donors (Lipinski definition) is 1. The second-order valence-corrected chi connectivity index (χ2v) is 5.50. The van der Waals surface area contributed by atoms with Crippen molar-refractivity contribution in [2.75, 3.05) is 32.1 Å². The van der Waals surface area contributed by atoms with Gasteiger partial charge in [0.2, 0.25) is 0 Å². The van der Waals surface area contributed by atoms with Gasteiger partial charge in [-0.1, -0.05) is 12.1 Å². The van der Waals surface area contributed by atoms with Crippen LogP contribution in [0.2, 0.25) is 0 Å². The average Bonchev–Trinajstić information content (AvgIpc) is 2.38. The minimum Gasteiger partial charge on any atom is -0.389 e. The normalized spacial score (nSPS) is 19.4. The summed E-state index contributed by atoms with van der Waals surface area (Å²) in [7, 11) is 4.04. The van der Waals surface area contributed by atoms with Crippen LogP contribution in [0.15, 0.2) is 18.2 Å². The zero-order chi connectivity index (χ0) is 14.0. The highest BCUT2D eigenvalue weighted by molar-refractivity contribution is 5.56. The van der Waals surface area contributed by atoms with E-state index in [0.717, 1.165) is 25.9 Å². The quantitative estimate of drug-likeness (QED) is 0.910. The second-order valence-electron chi connectivity index (χ2n) is 5.50. The molecule has 1 aromatic carbocycles. The van der Waals surface area contributed by atoms with E-state index in [-0.39, 0.29) is 5.82 Å². The fourth-order valence-corrected chi connectivity index (χ4v) is 2.81. The van der Waals surface area contributed by atoms with Crippen molar-refractivity contribution < 1.29 is 9.50 Å². The van der Waals surface area contributed by atoms with Crippen LogP contribution in [0.3, 0.4) is 0 Å². The number of benzene rings is 1. The number of rotatable bonds is 3. The number of piperidine rings is 1. The first-order valence-electron chi connectivity index (χ1n) is 6.88. The molecule has 1 fully saturated rings. The fraction of sp³-hybridized carbons (Fsp3) is 0.600. The topological polar surface area (TPSA) is 26.7 Å². The molecule has 0 bridgehead atoms. The van der Waals surface area contributed by atoms with Crippen LogP contribution in [0.5, 0.6) is 0 Å². The lowest BCUT2D eigenvalue weighted by atomic mass is 10.0. The van der Waals surface area contributed by atoms with E-state index in [2.05, 4.69) is 11.9 Å². The molecule has 0 saturated carbocycles. The summed E-state index contributed by atoms with van der Waals surface area (Å²) >= 11 is 0. The van der Waals surface area contributed by atoms with E-state index in [0.29, 0.717) is 17.3 Å². The summed E-state index contributed by atoms with van der Waals surface area (Å²) in [4.78, 5) is 4.30. The van der Waals surface area contributed by atoms with Gasteiger partial charge in [-0.25, -0.2) is 4.39 Å². The fourth-order valence-electron chi connectivity index (χ4n) is 2.81. The Kier molecular flexibility index (Phi) is 4.42. The molecule has 1 saturated heterocycles.